The van der Waals surface area contributed by atoms with E-state index in [-0.39, 0.29) is 11.7 Å². The number of ether oxygens (including phenoxy) is 2. The lowest BCUT2D eigenvalue weighted by molar-refractivity contribution is 0.0853. The van der Waals surface area contributed by atoms with Crippen LogP contribution in [-0.2, 0) is 11.2 Å². The Kier molecular flexibility index (Phi) is 8.47. The molecule has 0 saturated heterocycles. The molecule has 4 rings (SSSR count). The number of aryl methyl sites for hydroxylation is 1. The minimum absolute atomic E-state index is 0.158. The van der Waals surface area contributed by atoms with Crippen LogP contribution in [0.1, 0.15) is 42.3 Å². The van der Waals surface area contributed by atoms with Crippen LogP contribution in [0.4, 0.5) is 15.9 Å². The van der Waals surface area contributed by atoms with Gasteiger partial charge in [0.15, 0.2) is 23.0 Å². The smallest absolute Gasteiger partial charge is 0.251 e. The van der Waals surface area contributed by atoms with Gasteiger partial charge in [-0.05, 0) is 68.7 Å². The molecule has 0 bridgehead atoms. The molecule has 0 fully saturated rings. The summed E-state index contributed by atoms with van der Waals surface area (Å²) in [5.41, 5.74) is 10.3. The summed E-state index contributed by atoms with van der Waals surface area (Å²) in [5, 5.41) is 6.22. The Morgan fingerprint density at radius 2 is 2.00 bits per heavy atom. The highest BCUT2D eigenvalue weighted by Gasteiger charge is 2.17. The second-order valence-corrected chi connectivity index (χ2v) is 10.0. The number of amides is 1. The summed E-state index contributed by atoms with van der Waals surface area (Å²) < 4.78 is 27.2. The molecule has 0 radical (unpaired) electrons. The number of nitrogens with one attached hydrogen (secondary N) is 2. The molecular formula is C29H35FN6O3. The number of hydrogen-bond acceptors (Lipinski definition) is 7. The van der Waals surface area contributed by atoms with Crippen LogP contribution < -0.4 is 21.1 Å². The monoisotopic (exact) mass is 534 g/mol. The predicted octanol–water partition coefficient (Wildman–Crippen LogP) is 4.64. The number of carbonyl (C=O) groups excluding carboxylic acids is 1. The average Bonchev–Trinajstić information content (AvgIpc) is 3.34. The third kappa shape index (κ3) is 6.35. The van der Waals surface area contributed by atoms with Crippen molar-refractivity contribution in [2.45, 2.75) is 39.7 Å². The minimum Gasteiger partial charge on any atom is -0.494 e. The van der Waals surface area contributed by atoms with E-state index >= 15 is 0 Å². The van der Waals surface area contributed by atoms with Crippen molar-refractivity contribution < 1.29 is 18.7 Å². The fraction of sp³-hybridized carbons (Fsp3) is 0.345. The summed E-state index contributed by atoms with van der Waals surface area (Å²) >= 11 is 0. The van der Waals surface area contributed by atoms with Gasteiger partial charge < -0.3 is 25.8 Å². The second-order valence-electron chi connectivity index (χ2n) is 10.0. The van der Waals surface area contributed by atoms with Crippen LogP contribution in [0.2, 0.25) is 0 Å². The molecule has 2 aromatic heterocycles. The summed E-state index contributed by atoms with van der Waals surface area (Å²) in [6, 6.07) is 8.98. The molecule has 2 heterocycles. The van der Waals surface area contributed by atoms with Crippen molar-refractivity contribution >= 4 is 23.1 Å². The van der Waals surface area contributed by atoms with Crippen LogP contribution >= 0.6 is 0 Å². The Morgan fingerprint density at radius 1 is 1.21 bits per heavy atom. The van der Waals surface area contributed by atoms with Gasteiger partial charge in [-0.1, -0.05) is 6.92 Å². The normalized spacial score (nSPS) is 11.6. The van der Waals surface area contributed by atoms with E-state index in [1.54, 1.807) is 37.6 Å². The molecule has 4 aromatic rings. The molecule has 9 nitrogen and oxygen atoms in total. The lowest BCUT2D eigenvalue weighted by Gasteiger charge is -2.18. The Balaban J connectivity index is 1.52. The van der Waals surface area contributed by atoms with Gasteiger partial charge in [0.1, 0.15) is 0 Å². The zero-order chi connectivity index (χ0) is 28.2. The highest BCUT2D eigenvalue weighted by molar-refractivity contribution is 5.96. The van der Waals surface area contributed by atoms with Crippen molar-refractivity contribution in [2.24, 2.45) is 5.73 Å². The van der Waals surface area contributed by atoms with Gasteiger partial charge >= 0.3 is 0 Å². The lowest BCUT2D eigenvalue weighted by atomic mass is 10.0. The molecule has 0 aliphatic heterocycles. The quantitative estimate of drug-likeness (QED) is 0.240. The molecule has 2 aromatic carbocycles. The maximum Gasteiger partial charge on any atom is 0.251 e. The summed E-state index contributed by atoms with van der Waals surface area (Å²) in [6.07, 6.45) is 5.81. The van der Waals surface area contributed by atoms with E-state index in [0.717, 1.165) is 16.9 Å². The fourth-order valence-electron chi connectivity index (χ4n) is 4.29. The number of carbonyl (C=O) groups is 1. The molecule has 0 atom stereocenters. The van der Waals surface area contributed by atoms with E-state index in [1.807, 2.05) is 43.4 Å². The van der Waals surface area contributed by atoms with Gasteiger partial charge in [0.25, 0.3) is 5.91 Å². The van der Waals surface area contributed by atoms with Gasteiger partial charge in [-0.3, -0.25) is 9.20 Å². The second kappa shape index (κ2) is 11.8. The molecule has 1 amide bonds. The van der Waals surface area contributed by atoms with Crippen LogP contribution in [0.25, 0.3) is 16.9 Å². The maximum absolute atomic E-state index is 14.7. The number of fused-ring (bicyclic) bond motifs is 1. The zero-order valence-corrected chi connectivity index (χ0v) is 23.0. The number of rotatable bonds is 11. The molecule has 0 unspecified atom stereocenters. The van der Waals surface area contributed by atoms with Crippen molar-refractivity contribution in [1.29, 1.82) is 0 Å². The van der Waals surface area contributed by atoms with Crippen molar-refractivity contribution in [3.05, 3.63) is 71.4 Å². The molecule has 0 aliphatic carbocycles. The van der Waals surface area contributed by atoms with Crippen LogP contribution in [0.15, 0.2) is 48.9 Å². The number of hydrogen-bond donors (Lipinski definition) is 3. The number of nitrogens with zero attached hydrogens (tertiary/aromatic N) is 3. The minimum atomic E-state index is -0.411. The van der Waals surface area contributed by atoms with Crippen molar-refractivity contribution in [3.63, 3.8) is 0 Å². The first-order valence-electron chi connectivity index (χ1n) is 12.8. The molecule has 206 valence electrons. The number of aromatic nitrogens is 3. The largest absolute Gasteiger partial charge is 0.494 e. The van der Waals surface area contributed by atoms with Gasteiger partial charge in [-0.2, -0.15) is 0 Å². The van der Waals surface area contributed by atoms with Gasteiger partial charge in [0.05, 0.1) is 32.2 Å². The Bertz CT molecular complexity index is 1480. The lowest BCUT2D eigenvalue weighted by Crippen LogP contribution is -2.38. The molecule has 39 heavy (non-hydrogen) atoms. The Hall–Kier alpha value is -4.02. The highest BCUT2D eigenvalue weighted by atomic mass is 19.1. The molecule has 0 spiro atoms. The fourth-order valence-corrected chi connectivity index (χ4v) is 4.29. The summed E-state index contributed by atoms with van der Waals surface area (Å²) in [6.45, 7) is 8.68. The van der Waals surface area contributed by atoms with Gasteiger partial charge in [0, 0.05) is 41.3 Å². The maximum atomic E-state index is 14.7. The summed E-state index contributed by atoms with van der Waals surface area (Å²) in [7, 11) is 1.44. The van der Waals surface area contributed by atoms with Crippen LogP contribution in [-0.4, -0.2) is 52.7 Å². The number of halogens is 1. The number of methoxy groups -OCH3 is 1. The van der Waals surface area contributed by atoms with E-state index in [4.69, 9.17) is 15.2 Å². The van der Waals surface area contributed by atoms with E-state index in [0.29, 0.717) is 54.3 Å². The Labute approximate surface area is 227 Å². The van der Waals surface area contributed by atoms with E-state index < -0.39 is 11.4 Å². The van der Waals surface area contributed by atoms with Crippen molar-refractivity contribution in [2.75, 3.05) is 32.2 Å². The van der Waals surface area contributed by atoms with E-state index in [2.05, 4.69) is 20.6 Å². The van der Waals surface area contributed by atoms with Crippen LogP contribution in [0, 0.1) is 12.7 Å². The van der Waals surface area contributed by atoms with Crippen molar-refractivity contribution in [3.8, 4) is 17.0 Å². The van der Waals surface area contributed by atoms with Gasteiger partial charge in [0.2, 0.25) is 0 Å². The summed E-state index contributed by atoms with van der Waals surface area (Å²) in [5.74, 6) is 0.173. The molecule has 0 saturated carbocycles. The van der Waals surface area contributed by atoms with Gasteiger partial charge in [-0.25, -0.2) is 14.4 Å². The van der Waals surface area contributed by atoms with Crippen LogP contribution in [0.3, 0.4) is 0 Å². The van der Waals surface area contributed by atoms with Crippen molar-refractivity contribution in [1.82, 2.24) is 19.7 Å². The number of benzene rings is 2. The SMILES string of the molecule is CCc1cc(Nc2nccn3c(-c4ccc(OC)c(F)c4C)cnc23)ccc1C(=O)NCCOCC(C)(C)N. The third-order valence-electron chi connectivity index (χ3n) is 6.27. The number of nitrogens with two attached hydrogens (primary N) is 1. The molecule has 4 N–H and O–H groups in total. The summed E-state index contributed by atoms with van der Waals surface area (Å²) in [4.78, 5) is 21.8. The molecular weight excluding hydrogens is 499 g/mol. The first-order valence-corrected chi connectivity index (χ1v) is 12.8. The van der Waals surface area contributed by atoms with E-state index in [1.165, 1.54) is 7.11 Å². The van der Waals surface area contributed by atoms with Crippen LogP contribution in [0.5, 0.6) is 5.75 Å². The first-order chi connectivity index (χ1) is 18.6. The topological polar surface area (TPSA) is 116 Å². The molecule has 10 heteroatoms. The molecule has 0 aliphatic rings. The first kappa shape index (κ1) is 28.0. The highest BCUT2D eigenvalue weighted by Crippen LogP contribution is 2.32. The van der Waals surface area contributed by atoms with E-state index in [9.17, 15) is 9.18 Å². The third-order valence-corrected chi connectivity index (χ3v) is 6.27. The predicted molar refractivity (Wildman–Crippen MR) is 150 cm³/mol. The van der Waals surface area contributed by atoms with Gasteiger partial charge in [-0.15, -0.1) is 0 Å². The Morgan fingerprint density at radius 3 is 2.72 bits per heavy atom. The zero-order valence-electron chi connectivity index (χ0n) is 23.0. The average molecular weight is 535 g/mol. The number of imidazole rings is 1. The number of anilines is 2. The standard InChI is InChI=1S/C29H35FN6O3/c1-6-19-15-20(7-8-22(19)28(37)33-12-14-39-17-29(3,4)31)35-26-27-34-16-23(36(27)13-11-32-26)21-9-10-24(38-5)25(30)18(21)2/h7-11,13,15-16H,6,12,14,17,31H2,1-5H3,(H,32,35)(H,33,37).